The molecule has 0 saturated heterocycles. The summed E-state index contributed by atoms with van der Waals surface area (Å²) in [6.07, 6.45) is -5.25. The van der Waals surface area contributed by atoms with Gasteiger partial charge in [0.25, 0.3) is 5.69 Å². The topological polar surface area (TPSA) is 112 Å². The van der Waals surface area contributed by atoms with E-state index >= 15 is 0 Å². The molecule has 0 aromatic carbocycles. The first-order chi connectivity index (χ1) is 9.15. The van der Waals surface area contributed by atoms with Crippen LogP contribution in [0, 0.1) is 10.1 Å². The number of esters is 1. The number of nitrogens with one attached hydrogen (secondary N) is 1. The summed E-state index contributed by atoms with van der Waals surface area (Å²) in [4.78, 5) is 34.0. The number of nitrogens with zero attached hydrogens (tertiary/aromatic N) is 1. The van der Waals surface area contributed by atoms with E-state index in [1.807, 2.05) is 0 Å². The van der Waals surface area contributed by atoms with E-state index in [9.17, 15) is 32.9 Å². The van der Waals surface area contributed by atoms with Crippen LogP contribution in [0.25, 0.3) is 0 Å². The predicted octanol–water partition coefficient (Wildman–Crippen LogP) is 1.36. The zero-order valence-corrected chi connectivity index (χ0v) is 9.82. The Kier molecular flexibility index (Phi) is 4.32. The number of carbonyl (C=O) groups excluding carboxylic acids is 1. The molecule has 0 fully saturated rings. The Balaban J connectivity index is 3.44. The number of rotatable bonds is 4. The molecule has 8 nitrogen and oxygen atoms in total. The Hall–Kier alpha value is -2.59. The smallest absolute Gasteiger partial charge is 0.460 e. The van der Waals surface area contributed by atoms with Crippen LogP contribution >= 0.6 is 0 Å². The molecule has 0 radical (unpaired) electrons. The van der Waals surface area contributed by atoms with Crippen molar-refractivity contribution in [3.05, 3.63) is 32.1 Å². The number of hydrogen-bond donors (Lipinski definition) is 1. The second kappa shape index (κ2) is 5.59. The lowest BCUT2D eigenvalue weighted by atomic mass is 10.3. The van der Waals surface area contributed by atoms with E-state index in [0.29, 0.717) is 0 Å². The van der Waals surface area contributed by atoms with Crippen LogP contribution in [0.2, 0.25) is 0 Å². The maximum Gasteiger partial charge on any atom is 0.573 e. The fourth-order valence-corrected chi connectivity index (χ4v) is 1.20. The summed E-state index contributed by atoms with van der Waals surface area (Å²) in [6, 6.07) is 0.268. The molecule has 0 bridgehead atoms. The van der Waals surface area contributed by atoms with Crippen LogP contribution in [0.1, 0.15) is 17.4 Å². The number of alkyl halides is 3. The first kappa shape index (κ1) is 15.5. The average Bonchev–Trinajstić information content (AvgIpc) is 2.29. The highest BCUT2D eigenvalue weighted by Crippen LogP contribution is 2.24. The van der Waals surface area contributed by atoms with Crippen molar-refractivity contribution in [3.63, 3.8) is 0 Å². The second-order valence-corrected chi connectivity index (χ2v) is 3.25. The number of H-pyrrole nitrogens is 1. The van der Waals surface area contributed by atoms with Gasteiger partial charge in [0.15, 0.2) is 0 Å². The molecule has 1 heterocycles. The largest absolute Gasteiger partial charge is 0.573 e. The molecular weight excluding hydrogens is 289 g/mol. The number of hydrogen-bond acceptors (Lipinski definition) is 6. The van der Waals surface area contributed by atoms with Gasteiger partial charge in [-0.1, -0.05) is 0 Å². The van der Waals surface area contributed by atoms with Gasteiger partial charge in [-0.05, 0) is 11.8 Å². The van der Waals surface area contributed by atoms with Gasteiger partial charge in [-0.2, -0.15) is 0 Å². The van der Waals surface area contributed by atoms with Gasteiger partial charge in [-0.25, -0.2) is 9.78 Å². The van der Waals surface area contributed by atoms with E-state index in [1.54, 1.807) is 4.98 Å². The van der Waals surface area contributed by atoms with Crippen molar-refractivity contribution in [1.82, 2.24) is 4.98 Å². The fourth-order valence-electron chi connectivity index (χ4n) is 1.20. The highest BCUT2D eigenvalue weighted by atomic mass is 19.4. The Morgan fingerprint density at radius 3 is 2.55 bits per heavy atom. The molecule has 110 valence electrons. The zero-order chi connectivity index (χ0) is 15.5. The lowest BCUT2D eigenvalue weighted by Crippen LogP contribution is -2.25. The van der Waals surface area contributed by atoms with Crippen molar-refractivity contribution in [2.45, 2.75) is 13.3 Å². The summed E-state index contributed by atoms with van der Waals surface area (Å²) in [6.45, 7) is 1.15. The van der Waals surface area contributed by atoms with E-state index in [4.69, 9.17) is 0 Å². The number of pyridine rings is 1. The SMILES string of the molecule is CCOC(=O)c1[nH]c([N+](=O)[O-])cc(=O)c1OC(F)(F)F. The molecule has 1 aromatic rings. The average molecular weight is 296 g/mol. The van der Waals surface area contributed by atoms with Crippen molar-refractivity contribution >= 4 is 11.8 Å². The Morgan fingerprint density at radius 2 is 2.10 bits per heavy atom. The van der Waals surface area contributed by atoms with Gasteiger partial charge in [-0.3, -0.25) is 4.79 Å². The number of ether oxygens (including phenoxy) is 2. The van der Waals surface area contributed by atoms with Gasteiger partial charge in [0, 0.05) is 0 Å². The third kappa shape index (κ3) is 3.70. The zero-order valence-electron chi connectivity index (χ0n) is 9.82. The summed E-state index contributed by atoms with van der Waals surface area (Å²) in [5, 5.41) is 10.5. The molecule has 0 unspecified atom stereocenters. The Morgan fingerprint density at radius 1 is 1.50 bits per heavy atom. The number of nitro groups is 1. The minimum atomic E-state index is -5.25. The number of aromatic amines is 1. The van der Waals surface area contributed by atoms with E-state index in [1.165, 1.54) is 6.92 Å². The molecule has 0 spiro atoms. The number of aromatic nitrogens is 1. The molecule has 1 aromatic heterocycles. The molecule has 20 heavy (non-hydrogen) atoms. The minimum Gasteiger partial charge on any atom is -0.460 e. The van der Waals surface area contributed by atoms with Crippen LogP contribution in [0.5, 0.6) is 5.75 Å². The molecule has 11 heteroatoms. The Bertz CT molecular complexity index is 594. The highest BCUT2D eigenvalue weighted by molar-refractivity contribution is 5.90. The maximum atomic E-state index is 12.1. The van der Waals surface area contributed by atoms with Crippen molar-refractivity contribution < 1.29 is 32.4 Å². The molecule has 0 aliphatic rings. The summed E-state index contributed by atoms with van der Waals surface area (Å²) in [5.41, 5.74) is -2.56. The quantitative estimate of drug-likeness (QED) is 0.510. The molecular formula is C9H7F3N2O6. The maximum absolute atomic E-state index is 12.1. The Labute approximate surface area is 108 Å². The van der Waals surface area contributed by atoms with Crippen LogP contribution in [-0.4, -0.2) is 28.8 Å². The van der Waals surface area contributed by atoms with Crippen LogP contribution in [-0.2, 0) is 4.74 Å². The van der Waals surface area contributed by atoms with E-state index in [0.717, 1.165) is 0 Å². The standard InChI is InChI=1S/C9H7F3N2O6/c1-2-19-8(16)6-7(20-9(10,11)12)4(15)3-5(13-6)14(17)18/h3H,2H2,1H3,(H,13,15). The van der Waals surface area contributed by atoms with Gasteiger partial charge >= 0.3 is 18.1 Å². The van der Waals surface area contributed by atoms with E-state index in [2.05, 4.69) is 9.47 Å². The first-order valence-corrected chi connectivity index (χ1v) is 5.00. The van der Waals surface area contributed by atoms with Crippen molar-refractivity contribution in [3.8, 4) is 5.75 Å². The molecule has 0 saturated carbocycles. The third-order valence-corrected chi connectivity index (χ3v) is 1.87. The highest BCUT2D eigenvalue weighted by Gasteiger charge is 2.37. The molecule has 0 aliphatic heterocycles. The van der Waals surface area contributed by atoms with Gasteiger partial charge in [-0.15, -0.1) is 13.2 Å². The van der Waals surface area contributed by atoms with Crippen molar-refractivity contribution in [2.75, 3.05) is 6.61 Å². The second-order valence-electron chi connectivity index (χ2n) is 3.25. The summed E-state index contributed by atoms with van der Waals surface area (Å²) in [5.74, 6) is -3.76. The molecule has 0 amide bonds. The van der Waals surface area contributed by atoms with Gasteiger partial charge in [0.05, 0.1) is 12.7 Å². The van der Waals surface area contributed by atoms with E-state index < -0.39 is 39.9 Å². The predicted molar refractivity (Wildman–Crippen MR) is 56.4 cm³/mol. The molecule has 0 aliphatic carbocycles. The lowest BCUT2D eigenvalue weighted by Gasteiger charge is -2.10. The van der Waals surface area contributed by atoms with Gasteiger partial charge in [0.1, 0.15) is 0 Å². The molecule has 0 atom stereocenters. The van der Waals surface area contributed by atoms with Gasteiger partial charge < -0.3 is 19.6 Å². The monoisotopic (exact) mass is 296 g/mol. The molecule has 1 N–H and O–H groups in total. The van der Waals surface area contributed by atoms with Crippen LogP contribution < -0.4 is 10.2 Å². The lowest BCUT2D eigenvalue weighted by molar-refractivity contribution is -0.389. The number of halogens is 3. The van der Waals surface area contributed by atoms with Crippen LogP contribution in [0.15, 0.2) is 10.9 Å². The summed E-state index contributed by atoms with van der Waals surface area (Å²) >= 11 is 0. The van der Waals surface area contributed by atoms with E-state index in [-0.39, 0.29) is 12.7 Å². The third-order valence-electron chi connectivity index (χ3n) is 1.87. The summed E-state index contributed by atoms with van der Waals surface area (Å²) in [7, 11) is 0. The van der Waals surface area contributed by atoms with Gasteiger partial charge in [0.2, 0.25) is 11.2 Å². The van der Waals surface area contributed by atoms with Crippen LogP contribution in [0.3, 0.4) is 0 Å². The van der Waals surface area contributed by atoms with Crippen LogP contribution in [0.4, 0.5) is 19.0 Å². The van der Waals surface area contributed by atoms with Crippen molar-refractivity contribution in [2.24, 2.45) is 0 Å². The minimum absolute atomic E-state index is 0.213. The first-order valence-electron chi connectivity index (χ1n) is 5.00. The number of carbonyl (C=O) groups is 1. The summed E-state index contributed by atoms with van der Waals surface area (Å²) < 4.78 is 44.2. The molecule has 1 rings (SSSR count). The van der Waals surface area contributed by atoms with Crippen molar-refractivity contribution in [1.29, 1.82) is 0 Å². The fraction of sp³-hybridized carbons (Fsp3) is 0.333. The normalized spacial score (nSPS) is 11.0.